The zero-order valence-corrected chi connectivity index (χ0v) is 13.1. The summed E-state index contributed by atoms with van der Waals surface area (Å²) in [4.78, 5) is 12.4. The largest absolute Gasteiger partial charge is 0.495 e. The van der Waals surface area contributed by atoms with E-state index < -0.39 is 0 Å². The topological polar surface area (TPSA) is 38.3 Å². The number of allylic oxidation sites excluding steroid dienone is 1. The maximum atomic E-state index is 12.4. The Hall–Kier alpha value is -1.19. The summed E-state index contributed by atoms with van der Waals surface area (Å²) < 4.78 is 5.43. The summed E-state index contributed by atoms with van der Waals surface area (Å²) in [5.41, 5.74) is 0.531. The average molecular weight is 314 g/mol. The molecule has 1 aromatic rings. The molecule has 1 fully saturated rings. The normalized spacial score (nSPS) is 22.9. The molecular weight excluding hydrogens is 297 g/mol. The van der Waals surface area contributed by atoms with Gasteiger partial charge in [-0.1, -0.05) is 49.2 Å². The van der Waals surface area contributed by atoms with E-state index in [0.29, 0.717) is 11.4 Å². The third-order valence-corrected chi connectivity index (χ3v) is 4.12. The van der Waals surface area contributed by atoms with E-state index in [9.17, 15) is 4.79 Å². The van der Waals surface area contributed by atoms with E-state index >= 15 is 0 Å². The lowest BCUT2D eigenvalue weighted by molar-refractivity contribution is -0.118. The van der Waals surface area contributed by atoms with Crippen LogP contribution < -0.4 is 10.1 Å². The van der Waals surface area contributed by atoms with Gasteiger partial charge >= 0.3 is 0 Å². The van der Waals surface area contributed by atoms with Crippen molar-refractivity contribution in [3.63, 3.8) is 0 Å². The van der Waals surface area contributed by atoms with Crippen molar-refractivity contribution in [3.05, 3.63) is 34.8 Å². The van der Waals surface area contributed by atoms with Crippen LogP contribution in [0.15, 0.2) is 34.8 Å². The first-order valence-electron chi connectivity index (χ1n) is 6.34. The Labute approximate surface area is 128 Å². The Balaban J connectivity index is 2.12. The summed E-state index contributed by atoms with van der Waals surface area (Å²) in [6, 6.07) is 7.32. The van der Waals surface area contributed by atoms with Crippen LogP contribution in [-0.2, 0) is 4.79 Å². The molecule has 0 aliphatic heterocycles. The number of benzene rings is 1. The molecule has 3 nitrogen and oxygen atoms in total. The van der Waals surface area contributed by atoms with Crippen molar-refractivity contribution >= 4 is 34.8 Å². The molecule has 0 radical (unpaired) electrons. The average Bonchev–Trinajstić information content (AvgIpc) is 2.90. The second-order valence-electron chi connectivity index (χ2n) is 5.47. The molecule has 0 spiro atoms. The summed E-state index contributed by atoms with van der Waals surface area (Å²) in [6.07, 6.45) is 1.73. The fourth-order valence-electron chi connectivity index (χ4n) is 2.58. The first-order valence-corrected chi connectivity index (χ1v) is 7.10. The third-order valence-electron chi connectivity index (χ3n) is 3.86. The van der Waals surface area contributed by atoms with Gasteiger partial charge in [-0.3, -0.25) is 4.79 Å². The number of methoxy groups -OCH3 is 1. The number of anilines is 1. The maximum absolute atomic E-state index is 12.4. The van der Waals surface area contributed by atoms with Gasteiger partial charge in [-0.25, -0.2) is 0 Å². The zero-order chi connectivity index (χ0) is 14.9. The first-order chi connectivity index (χ1) is 9.37. The Bertz CT molecular complexity index is 551. The molecule has 2 atom stereocenters. The number of para-hydroxylation sites is 2. The van der Waals surface area contributed by atoms with Crippen molar-refractivity contribution in [1.29, 1.82) is 0 Å². The van der Waals surface area contributed by atoms with E-state index in [1.165, 1.54) is 0 Å². The van der Waals surface area contributed by atoms with Crippen molar-refractivity contribution in [2.45, 2.75) is 13.8 Å². The van der Waals surface area contributed by atoms with Gasteiger partial charge in [0.2, 0.25) is 5.91 Å². The maximum Gasteiger partial charge on any atom is 0.228 e. The fraction of sp³-hybridized carbons (Fsp3) is 0.400. The van der Waals surface area contributed by atoms with Gasteiger partial charge < -0.3 is 10.1 Å². The van der Waals surface area contributed by atoms with Crippen molar-refractivity contribution in [2.75, 3.05) is 12.4 Å². The molecule has 1 aliphatic rings. The minimum Gasteiger partial charge on any atom is -0.495 e. The summed E-state index contributed by atoms with van der Waals surface area (Å²) in [7, 11) is 1.57. The second kappa shape index (κ2) is 5.66. The van der Waals surface area contributed by atoms with Crippen molar-refractivity contribution in [1.82, 2.24) is 0 Å². The minimum atomic E-state index is -0.139. The van der Waals surface area contributed by atoms with Crippen LogP contribution >= 0.6 is 23.2 Å². The number of carbonyl (C=O) groups excluding carboxylic acids is 1. The predicted octanol–water partition coefficient (Wildman–Crippen LogP) is 4.22. The summed E-state index contributed by atoms with van der Waals surface area (Å²) in [6.45, 7) is 4.05. The summed E-state index contributed by atoms with van der Waals surface area (Å²) in [5.74, 6) is 0.513. The van der Waals surface area contributed by atoms with Gasteiger partial charge in [-0.2, -0.15) is 0 Å². The highest BCUT2D eigenvalue weighted by atomic mass is 35.5. The monoisotopic (exact) mass is 313 g/mol. The highest BCUT2D eigenvalue weighted by Gasteiger charge is 2.60. The van der Waals surface area contributed by atoms with Crippen LogP contribution in [0.25, 0.3) is 0 Å². The van der Waals surface area contributed by atoms with Gasteiger partial charge in [0, 0.05) is 0 Å². The molecule has 0 bridgehead atoms. The van der Waals surface area contributed by atoms with Crippen LogP contribution in [-0.4, -0.2) is 13.0 Å². The number of carbonyl (C=O) groups is 1. The van der Waals surface area contributed by atoms with Gasteiger partial charge in [-0.15, -0.1) is 0 Å². The van der Waals surface area contributed by atoms with E-state index in [4.69, 9.17) is 27.9 Å². The van der Waals surface area contributed by atoms with E-state index in [1.807, 2.05) is 32.0 Å². The van der Waals surface area contributed by atoms with E-state index in [0.717, 1.165) is 0 Å². The SMILES string of the molecule is COc1ccccc1NC(=O)[C@@H]1[C@@H](C=C(Cl)Cl)C1(C)C. The third kappa shape index (κ3) is 2.94. The number of rotatable bonds is 4. The molecule has 5 heteroatoms. The van der Waals surface area contributed by atoms with E-state index in [1.54, 1.807) is 19.3 Å². The van der Waals surface area contributed by atoms with Crippen molar-refractivity contribution in [3.8, 4) is 5.75 Å². The van der Waals surface area contributed by atoms with Gasteiger partial charge in [-0.05, 0) is 29.5 Å². The first kappa shape index (κ1) is 15.2. The molecule has 2 rings (SSSR count). The van der Waals surface area contributed by atoms with E-state index in [2.05, 4.69) is 5.32 Å². The molecule has 1 N–H and O–H groups in total. The number of ether oxygens (including phenoxy) is 1. The van der Waals surface area contributed by atoms with Crippen molar-refractivity contribution < 1.29 is 9.53 Å². The van der Waals surface area contributed by atoms with Crippen LogP contribution in [0.4, 0.5) is 5.69 Å². The molecule has 108 valence electrons. The molecule has 0 saturated heterocycles. The Kier molecular flexibility index (Phi) is 4.31. The van der Waals surface area contributed by atoms with Crippen LogP contribution in [0.2, 0.25) is 0 Å². The zero-order valence-electron chi connectivity index (χ0n) is 11.6. The number of halogens is 2. The summed E-state index contributed by atoms with van der Waals surface area (Å²) >= 11 is 11.4. The molecule has 20 heavy (non-hydrogen) atoms. The van der Waals surface area contributed by atoms with Crippen LogP contribution in [0.5, 0.6) is 5.75 Å². The Morgan fingerprint density at radius 2 is 2.00 bits per heavy atom. The number of amides is 1. The quantitative estimate of drug-likeness (QED) is 0.903. The standard InChI is InChI=1S/C15H17Cl2NO2/c1-15(2)9(8-12(16)17)13(15)14(19)18-10-6-4-5-7-11(10)20-3/h4-9,13H,1-3H3,(H,18,19)/t9-,13+/m1/s1. The lowest BCUT2D eigenvalue weighted by Crippen LogP contribution is -2.17. The highest BCUT2D eigenvalue weighted by Crippen LogP contribution is 2.60. The van der Waals surface area contributed by atoms with Crippen LogP contribution in [0.3, 0.4) is 0 Å². The molecule has 0 unspecified atom stereocenters. The smallest absolute Gasteiger partial charge is 0.228 e. The second-order valence-corrected chi connectivity index (χ2v) is 6.48. The lowest BCUT2D eigenvalue weighted by Gasteiger charge is -2.10. The fourth-order valence-corrected chi connectivity index (χ4v) is 2.86. The molecule has 0 aromatic heterocycles. The molecular formula is C15H17Cl2NO2. The molecule has 1 saturated carbocycles. The molecule has 0 heterocycles. The number of hydrogen-bond acceptors (Lipinski definition) is 2. The molecule has 1 amide bonds. The molecule has 1 aliphatic carbocycles. The predicted molar refractivity (Wildman–Crippen MR) is 82.2 cm³/mol. The number of hydrogen-bond donors (Lipinski definition) is 1. The van der Waals surface area contributed by atoms with E-state index in [-0.39, 0.29) is 27.6 Å². The Morgan fingerprint density at radius 3 is 2.60 bits per heavy atom. The Morgan fingerprint density at radius 1 is 1.35 bits per heavy atom. The van der Waals surface area contributed by atoms with Gasteiger partial charge in [0.1, 0.15) is 10.2 Å². The van der Waals surface area contributed by atoms with Gasteiger partial charge in [0.15, 0.2) is 0 Å². The van der Waals surface area contributed by atoms with Crippen LogP contribution in [0, 0.1) is 17.3 Å². The van der Waals surface area contributed by atoms with Gasteiger partial charge in [0.25, 0.3) is 0 Å². The lowest BCUT2D eigenvalue weighted by atomic mass is 10.1. The summed E-state index contributed by atoms with van der Waals surface area (Å²) in [5, 5.41) is 2.90. The van der Waals surface area contributed by atoms with Gasteiger partial charge in [0.05, 0.1) is 18.7 Å². The van der Waals surface area contributed by atoms with Crippen molar-refractivity contribution in [2.24, 2.45) is 17.3 Å². The van der Waals surface area contributed by atoms with Crippen LogP contribution in [0.1, 0.15) is 13.8 Å². The highest BCUT2D eigenvalue weighted by molar-refractivity contribution is 6.55. The minimum absolute atomic E-state index is 0.0460. The molecule has 1 aromatic carbocycles. The number of nitrogens with one attached hydrogen (secondary N) is 1.